The van der Waals surface area contributed by atoms with Crippen LogP contribution in [0.15, 0.2) is 54.6 Å². The second-order valence-electron chi connectivity index (χ2n) is 5.04. The van der Waals surface area contributed by atoms with Gasteiger partial charge >= 0.3 is 0 Å². The molecule has 108 valence electrons. The van der Waals surface area contributed by atoms with Gasteiger partial charge in [-0.05, 0) is 24.1 Å². The zero-order chi connectivity index (χ0) is 14.9. The zero-order valence-electron chi connectivity index (χ0n) is 11.7. The van der Waals surface area contributed by atoms with Crippen molar-refractivity contribution in [3.8, 4) is 0 Å². The molecule has 0 aliphatic carbocycles. The quantitative estimate of drug-likeness (QED) is 0.777. The maximum absolute atomic E-state index is 11.2. The van der Waals surface area contributed by atoms with Crippen molar-refractivity contribution in [1.29, 1.82) is 0 Å². The molecule has 3 aromatic rings. The molecular weight excluding hydrogens is 282 g/mol. The van der Waals surface area contributed by atoms with Crippen molar-refractivity contribution in [2.24, 2.45) is 0 Å². The molecule has 2 atom stereocenters. The normalized spacial score (nSPS) is 15.8. The fourth-order valence-corrected chi connectivity index (χ4v) is 3.61. The number of rotatable bonds is 4. The van der Waals surface area contributed by atoms with Crippen molar-refractivity contribution in [3.63, 3.8) is 0 Å². The van der Waals surface area contributed by atoms with Gasteiger partial charge in [0.25, 0.3) is 0 Å². The van der Waals surface area contributed by atoms with Crippen molar-refractivity contribution in [3.05, 3.63) is 65.2 Å². The Morgan fingerprint density at radius 1 is 1.10 bits per heavy atom. The van der Waals surface area contributed by atoms with E-state index >= 15 is 0 Å². The molecule has 2 aromatic carbocycles. The fraction of sp³-hybridized carbons (Fsp3) is 0.235. The maximum atomic E-state index is 11.2. The minimum absolute atomic E-state index is 0.446. The number of aliphatic hydroxyl groups excluding tert-OH is 1. The number of nitrogens with zero attached hydrogens (tertiary/aromatic N) is 1. The molecule has 0 amide bonds. The third-order valence-corrected chi connectivity index (χ3v) is 4.86. The van der Waals surface area contributed by atoms with Gasteiger partial charge in [0, 0.05) is 0 Å². The van der Waals surface area contributed by atoms with Gasteiger partial charge in [0.15, 0.2) is 5.60 Å². The van der Waals surface area contributed by atoms with E-state index in [9.17, 15) is 10.2 Å². The summed E-state index contributed by atoms with van der Waals surface area (Å²) in [5.74, 6) is 0. The predicted molar refractivity (Wildman–Crippen MR) is 85.4 cm³/mol. The van der Waals surface area contributed by atoms with Gasteiger partial charge in [-0.1, -0.05) is 49.4 Å². The summed E-state index contributed by atoms with van der Waals surface area (Å²) in [6, 6.07) is 17.0. The van der Waals surface area contributed by atoms with Crippen molar-refractivity contribution in [2.45, 2.75) is 25.0 Å². The van der Waals surface area contributed by atoms with E-state index in [-0.39, 0.29) is 0 Å². The zero-order valence-corrected chi connectivity index (χ0v) is 12.5. The smallest absolute Gasteiger partial charge is 0.167 e. The van der Waals surface area contributed by atoms with E-state index in [4.69, 9.17) is 0 Å². The molecule has 0 spiro atoms. The first kappa shape index (κ1) is 14.2. The minimum atomic E-state index is -1.47. The SMILES string of the molecule is CC[C@@H](O)[C@@](O)(c1ccccc1)c1nc2ccccc2s1. The molecule has 0 saturated carbocycles. The van der Waals surface area contributed by atoms with Crippen molar-refractivity contribution in [2.75, 3.05) is 0 Å². The van der Waals surface area contributed by atoms with Gasteiger partial charge in [-0.3, -0.25) is 0 Å². The number of hydrogen-bond acceptors (Lipinski definition) is 4. The van der Waals surface area contributed by atoms with E-state index in [1.165, 1.54) is 11.3 Å². The molecule has 0 aliphatic rings. The van der Waals surface area contributed by atoms with Gasteiger partial charge in [0.2, 0.25) is 0 Å². The van der Waals surface area contributed by atoms with Crippen LogP contribution in [0.3, 0.4) is 0 Å². The summed E-state index contributed by atoms with van der Waals surface area (Å²) in [6.45, 7) is 1.85. The Balaban J connectivity index is 2.20. The summed E-state index contributed by atoms with van der Waals surface area (Å²) >= 11 is 1.42. The van der Waals surface area contributed by atoms with Gasteiger partial charge in [0.1, 0.15) is 5.01 Å². The van der Waals surface area contributed by atoms with Gasteiger partial charge in [-0.25, -0.2) is 4.98 Å². The molecule has 3 nitrogen and oxygen atoms in total. The topological polar surface area (TPSA) is 53.4 Å². The number of fused-ring (bicyclic) bond motifs is 1. The van der Waals surface area contributed by atoms with Gasteiger partial charge in [-0.2, -0.15) is 0 Å². The Kier molecular flexibility index (Phi) is 3.76. The summed E-state index contributed by atoms with van der Waals surface area (Å²) in [5, 5.41) is 22.2. The van der Waals surface area contributed by atoms with Crippen LogP contribution < -0.4 is 0 Å². The van der Waals surface area contributed by atoms with Crippen LogP contribution in [0.5, 0.6) is 0 Å². The van der Waals surface area contributed by atoms with E-state index in [0.717, 1.165) is 10.2 Å². The third-order valence-electron chi connectivity index (χ3n) is 3.70. The molecule has 0 bridgehead atoms. The van der Waals surface area contributed by atoms with Crippen LogP contribution in [-0.2, 0) is 5.60 Å². The van der Waals surface area contributed by atoms with Crippen LogP contribution >= 0.6 is 11.3 Å². The Morgan fingerprint density at radius 3 is 2.43 bits per heavy atom. The Bertz CT molecular complexity index is 708. The summed E-state index contributed by atoms with van der Waals surface area (Å²) in [7, 11) is 0. The van der Waals surface area contributed by atoms with Crippen LogP contribution in [0, 0.1) is 0 Å². The van der Waals surface area contributed by atoms with E-state index in [2.05, 4.69) is 4.98 Å². The molecule has 2 N–H and O–H groups in total. The van der Waals surface area contributed by atoms with Crippen LogP contribution in [-0.4, -0.2) is 21.3 Å². The molecule has 0 unspecified atom stereocenters. The summed E-state index contributed by atoms with van der Waals surface area (Å²) in [6.07, 6.45) is -0.457. The van der Waals surface area contributed by atoms with Crippen LogP contribution in [0.2, 0.25) is 0 Å². The monoisotopic (exact) mass is 299 g/mol. The molecule has 1 aromatic heterocycles. The molecule has 0 aliphatic heterocycles. The van der Waals surface area contributed by atoms with Crippen molar-refractivity contribution >= 4 is 21.6 Å². The minimum Gasteiger partial charge on any atom is -0.389 e. The molecule has 0 saturated heterocycles. The lowest BCUT2D eigenvalue weighted by molar-refractivity contribution is -0.0508. The number of aromatic nitrogens is 1. The van der Waals surface area contributed by atoms with Crippen LogP contribution in [0.4, 0.5) is 0 Å². The molecule has 1 heterocycles. The second kappa shape index (κ2) is 5.56. The Morgan fingerprint density at radius 2 is 1.76 bits per heavy atom. The summed E-state index contributed by atoms with van der Waals surface area (Å²) in [5.41, 5.74) is 0.0354. The first-order valence-electron chi connectivity index (χ1n) is 6.98. The molecule has 3 rings (SSSR count). The number of thiazole rings is 1. The van der Waals surface area contributed by atoms with Crippen LogP contribution in [0.25, 0.3) is 10.2 Å². The fourth-order valence-electron chi connectivity index (χ4n) is 2.48. The number of hydrogen-bond donors (Lipinski definition) is 2. The van der Waals surface area contributed by atoms with E-state index < -0.39 is 11.7 Å². The average Bonchev–Trinajstić information content (AvgIpc) is 2.98. The van der Waals surface area contributed by atoms with E-state index in [0.29, 0.717) is 17.0 Å². The third kappa shape index (κ3) is 2.35. The van der Waals surface area contributed by atoms with Gasteiger partial charge in [-0.15, -0.1) is 11.3 Å². The molecular formula is C17H17NO2S. The van der Waals surface area contributed by atoms with Gasteiger partial charge in [0.05, 0.1) is 16.3 Å². The standard InChI is InChI=1S/C17H17NO2S/c1-2-15(19)17(20,12-8-4-3-5-9-12)16-18-13-10-6-7-11-14(13)21-16/h3-11,15,19-20H,2H2,1H3/t15-,17+/m1/s1. The first-order valence-corrected chi connectivity index (χ1v) is 7.80. The molecule has 4 heteroatoms. The Labute approximate surface area is 127 Å². The van der Waals surface area contributed by atoms with Crippen molar-refractivity contribution < 1.29 is 10.2 Å². The number of aliphatic hydroxyl groups is 2. The van der Waals surface area contributed by atoms with E-state index in [1.807, 2.05) is 61.5 Å². The highest BCUT2D eigenvalue weighted by atomic mass is 32.1. The predicted octanol–water partition coefficient (Wildman–Crippen LogP) is 3.30. The lowest BCUT2D eigenvalue weighted by Crippen LogP contribution is -2.40. The Hall–Kier alpha value is -1.75. The highest BCUT2D eigenvalue weighted by molar-refractivity contribution is 7.18. The average molecular weight is 299 g/mol. The molecule has 21 heavy (non-hydrogen) atoms. The van der Waals surface area contributed by atoms with E-state index in [1.54, 1.807) is 0 Å². The lowest BCUT2D eigenvalue weighted by atomic mass is 9.87. The summed E-state index contributed by atoms with van der Waals surface area (Å²) in [4.78, 5) is 4.54. The van der Waals surface area contributed by atoms with Crippen LogP contribution in [0.1, 0.15) is 23.9 Å². The number of benzene rings is 2. The highest BCUT2D eigenvalue weighted by Gasteiger charge is 2.41. The maximum Gasteiger partial charge on any atom is 0.167 e. The first-order chi connectivity index (χ1) is 10.2. The van der Waals surface area contributed by atoms with Gasteiger partial charge < -0.3 is 10.2 Å². The molecule has 0 fully saturated rings. The largest absolute Gasteiger partial charge is 0.389 e. The summed E-state index contributed by atoms with van der Waals surface area (Å²) < 4.78 is 1.00. The second-order valence-corrected chi connectivity index (χ2v) is 6.07. The molecule has 0 radical (unpaired) electrons. The van der Waals surface area contributed by atoms with Crippen molar-refractivity contribution in [1.82, 2.24) is 4.98 Å². The number of para-hydroxylation sites is 1. The highest BCUT2D eigenvalue weighted by Crippen LogP contribution is 2.38. The lowest BCUT2D eigenvalue weighted by Gasteiger charge is -2.31.